The predicted molar refractivity (Wildman–Crippen MR) is 77.6 cm³/mol. The molecular weight excluding hydrogens is 293 g/mol. The minimum Gasteiger partial charge on any atom is -0.314 e. The van der Waals surface area contributed by atoms with Crippen LogP contribution in [0.1, 0.15) is 38.2 Å². The van der Waals surface area contributed by atoms with E-state index in [4.69, 9.17) is 0 Å². The molecule has 1 aromatic carbocycles. The van der Waals surface area contributed by atoms with Crippen LogP contribution in [-0.2, 0) is 6.42 Å². The van der Waals surface area contributed by atoms with Crippen molar-refractivity contribution in [2.24, 2.45) is 0 Å². The maximum atomic E-state index is 14.6. The van der Waals surface area contributed by atoms with Crippen molar-refractivity contribution in [3.05, 3.63) is 34.3 Å². The van der Waals surface area contributed by atoms with Crippen LogP contribution in [0.25, 0.3) is 0 Å². The zero-order chi connectivity index (χ0) is 13.0. The van der Waals surface area contributed by atoms with Gasteiger partial charge in [-0.05, 0) is 50.4 Å². The van der Waals surface area contributed by atoms with E-state index in [9.17, 15) is 4.39 Å². The summed E-state index contributed by atoms with van der Waals surface area (Å²) in [4.78, 5) is 0. The summed E-state index contributed by atoms with van der Waals surface area (Å²) in [5.74, 6) is 0. The molecular formula is C15H21BrFN. The zero-order valence-electron chi connectivity index (χ0n) is 10.9. The molecule has 1 aliphatic heterocycles. The van der Waals surface area contributed by atoms with Crippen LogP contribution < -0.4 is 5.32 Å². The first-order valence-corrected chi connectivity index (χ1v) is 7.51. The van der Waals surface area contributed by atoms with E-state index < -0.39 is 5.67 Å². The Morgan fingerprint density at radius 2 is 2.28 bits per heavy atom. The van der Waals surface area contributed by atoms with Crippen LogP contribution in [0.2, 0.25) is 0 Å². The molecule has 0 aromatic heterocycles. The Labute approximate surface area is 117 Å². The summed E-state index contributed by atoms with van der Waals surface area (Å²) in [7, 11) is 0. The van der Waals surface area contributed by atoms with E-state index in [0.717, 1.165) is 23.0 Å². The molecule has 100 valence electrons. The lowest BCUT2D eigenvalue weighted by Crippen LogP contribution is -2.40. The molecule has 0 saturated carbocycles. The van der Waals surface area contributed by atoms with Gasteiger partial charge in [0.2, 0.25) is 0 Å². The van der Waals surface area contributed by atoms with Crippen molar-refractivity contribution in [1.29, 1.82) is 0 Å². The van der Waals surface area contributed by atoms with E-state index in [1.807, 2.05) is 24.3 Å². The van der Waals surface area contributed by atoms with Crippen LogP contribution in [0.5, 0.6) is 0 Å². The Kier molecular flexibility index (Phi) is 4.79. The highest BCUT2D eigenvalue weighted by atomic mass is 79.9. The first-order chi connectivity index (χ1) is 8.55. The van der Waals surface area contributed by atoms with Crippen LogP contribution in [0.15, 0.2) is 28.7 Å². The SMILES string of the molecule is CC(F)(Cc1cccc(Br)c1)CC1CCCCN1. The molecule has 1 aromatic rings. The standard InChI is InChI=1S/C15H21BrFN/c1-15(17,11-14-7-2-3-8-18-14)10-12-5-4-6-13(16)9-12/h4-6,9,14,18H,2-3,7-8,10-11H2,1H3. The molecule has 0 bridgehead atoms. The van der Waals surface area contributed by atoms with Crippen molar-refractivity contribution in [3.8, 4) is 0 Å². The van der Waals surface area contributed by atoms with Gasteiger partial charge in [-0.2, -0.15) is 0 Å². The second-order valence-corrected chi connectivity index (χ2v) is 6.49. The minimum absolute atomic E-state index is 0.348. The Morgan fingerprint density at radius 3 is 2.94 bits per heavy atom. The molecule has 0 aliphatic carbocycles. The normalized spacial score (nSPS) is 23.6. The van der Waals surface area contributed by atoms with E-state index in [-0.39, 0.29) is 0 Å². The quantitative estimate of drug-likeness (QED) is 0.876. The van der Waals surface area contributed by atoms with Gasteiger partial charge in [0.15, 0.2) is 0 Å². The molecule has 1 heterocycles. The molecule has 1 fully saturated rings. The van der Waals surface area contributed by atoms with Crippen molar-refractivity contribution >= 4 is 15.9 Å². The fourth-order valence-corrected chi connectivity index (χ4v) is 3.20. The van der Waals surface area contributed by atoms with E-state index in [1.54, 1.807) is 6.92 Å². The van der Waals surface area contributed by atoms with Crippen molar-refractivity contribution < 1.29 is 4.39 Å². The van der Waals surface area contributed by atoms with Crippen molar-refractivity contribution in [2.45, 2.75) is 50.7 Å². The molecule has 2 unspecified atom stereocenters. The number of alkyl halides is 1. The number of piperidine rings is 1. The molecule has 3 heteroatoms. The smallest absolute Gasteiger partial charge is 0.113 e. The summed E-state index contributed by atoms with van der Waals surface area (Å²) in [6.45, 7) is 2.77. The predicted octanol–water partition coefficient (Wildman–Crippen LogP) is 4.25. The average Bonchev–Trinajstić information content (AvgIpc) is 2.28. The molecule has 0 spiro atoms. The minimum atomic E-state index is -1.13. The largest absolute Gasteiger partial charge is 0.314 e. The van der Waals surface area contributed by atoms with E-state index in [2.05, 4.69) is 21.2 Å². The number of rotatable bonds is 4. The Balaban J connectivity index is 1.93. The highest BCUT2D eigenvalue weighted by molar-refractivity contribution is 9.10. The van der Waals surface area contributed by atoms with Gasteiger partial charge in [0, 0.05) is 16.9 Å². The molecule has 18 heavy (non-hydrogen) atoms. The van der Waals surface area contributed by atoms with Gasteiger partial charge in [0.05, 0.1) is 0 Å². The van der Waals surface area contributed by atoms with Gasteiger partial charge in [-0.25, -0.2) is 4.39 Å². The van der Waals surface area contributed by atoms with Gasteiger partial charge in [-0.1, -0.05) is 34.5 Å². The summed E-state index contributed by atoms with van der Waals surface area (Å²) < 4.78 is 15.7. The zero-order valence-corrected chi connectivity index (χ0v) is 12.5. The van der Waals surface area contributed by atoms with Crippen LogP contribution in [0.3, 0.4) is 0 Å². The van der Waals surface area contributed by atoms with Gasteiger partial charge in [0.1, 0.15) is 5.67 Å². The van der Waals surface area contributed by atoms with E-state index in [1.165, 1.54) is 12.8 Å². The Hall–Kier alpha value is -0.410. The van der Waals surface area contributed by atoms with E-state index in [0.29, 0.717) is 18.9 Å². The third-order valence-corrected chi connectivity index (χ3v) is 4.04. The molecule has 1 N–H and O–H groups in total. The topological polar surface area (TPSA) is 12.0 Å². The number of benzene rings is 1. The molecule has 1 saturated heterocycles. The summed E-state index contributed by atoms with van der Waals surface area (Å²) >= 11 is 3.43. The van der Waals surface area contributed by atoms with Gasteiger partial charge < -0.3 is 5.32 Å². The number of halogens is 2. The third-order valence-electron chi connectivity index (χ3n) is 3.55. The fourth-order valence-electron chi connectivity index (χ4n) is 2.76. The Morgan fingerprint density at radius 1 is 1.44 bits per heavy atom. The molecule has 0 amide bonds. The lowest BCUT2D eigenvalue weighted by molar-refractivity contribution is 0.146. The molecule has 2 atom stereocenters. The van der Waals surface area contributed by atoms with Gasteiger partial charge in [-0.3, -0.25) is 0 Å². The number of hydrogen-bond donors (Lipinski definition) is 1. The first-order valence-electron chi connectivity index (χ1n) is 6.72. The lowest BCUT2D eigenvalue weighted by Gasteiger charge is -2.30. The second-order valence-electron chi connectivity index (χ2n) is 5.57. The maximum absolute atomic E-state index is 14.6. The molecule has 1 aliphatic rings. The summed E-state index contributed by atoms with van der Waals surface area (Å²) in [5, 5.41) is 3.42. The number of hydrogen-bond acceptors (Lipinski definition) is 1. The van der Waals surface area contributed by atoms with Crippen molar-refractivity contribution in [3.63, 3.8) is 0 Å². The van der Waals surface area contributed by atoms with Crippen LogP contribution in [-0.4, -0.2) is 18.3 Å². The number of nitrogens with one attached hydrogen (secondary N) is 1. The first kappa shape index (κ1) is 14.0. The molecule has 2 rings (SSSR count). The summed E-state index contributed by atoms with van der Waals surface area (Å²) in [5.41, 5.74) is -0.0688. The van der Waals surface area contributed by atoms with Gasteiger partial charge >= 0.3 is 0 Å². The highest BCUT2D eigenvalue weighted by Crippen LogP contribution is 2.27. The molecule has 1 nitrogen and oxygen atoms in total. The second kappa shape index (κ2) is 6.16. The highest BCUT2D eigenvalue weighted by Gasteiger charge is 2.28. The van der Waals surface area contributed by atoms with Crippen LogP contribution in [0.4, 0.5) is 4.39 Å². The fraction of sp³-hybridized carbons (Fsp3) is 0.600. The average molecular weight is 314 g/mol. The van der Waals surface area contributed by atoms with Crippen LogP contribution >= 0.6 is 15.9 Å². The lowest BCUT2D eigenvalue weighted by atomic mass is 9.88. The van der Waals surface area contributed by atoms with Crippen LogP contribution in [0, 0.1) is 0 Å². The maximum Gasteiger partial charge on any atom is 0.113 e. The van der Waals surface area contributed by atoms with Crippen molar-refractivity contribution in [1.82, 2.24) is 5.32 Å². The summed E-state index contributed by atoms with van der Waals surface area (Å²) in [6, 6.07) is 8.29. The monoisotopic (exact) mass is 313 g/mol. The van der Waals surface area contributed by atoms with Gasteiger partial charge in [0.25, 0.3) is 0 Å². The summed E-state index contributed by atoms with van der Waals surface area (Å²) in [6.07, 6.45) is 4.66. The van der Waals surface area contributed by atoms with Crippen molar-refractivity contribution in [2.75, 3.05) is 6.54 Å². The molecule has 0 radical (unpaired) electrons. The Bertz CT molecular complexity index is 386. The third kappa shape index (κ3) is 4.36. The van der Waals surface area contributed by atoms with E-state index >= 15 is 0 Å². The van der Waals surface area contributed by atoms with Gasteiger partial charge in [-0.15, -0.1) is 0 Å².